The van der Waals surface area contributed by atoms with Crippen LogP contribution in [0.15, 0.2) is 12.1 Å². The van der Waals surface area contributed by atoms with Gasteiger partial charge in [0.25, 0.3) is 0 Å². The van der Waals surface area contributed by atoms with Gasteiger partial charge in [0.2, 0.25) is 0 Å². The molecule has 0 aliphatic heterocycles. The van der Waals surface area contributed by atoms with Gasteiger partial charge < -0.3 is 20.6 Å². The molecule has 1 aromatic rings. The molecule has 0 atom stereocenters. The summed E-state index contributed by atoms with van der Waals surface area (Å²) in [5.74, 6) is -2.30. The van der Waals surface area contributed by atoms with Gasteiger partial charge in [0.15, 0.2) is 0 Å². The van der Waals surface area contributed by atoms with E-state index in [2.05, 4.69) is 5.32 Å². The van der Waals surface area contributed by atoms with E-state index in [1.165, 1.54) is 12.1 Å². The molecule has 4 N–H and O–H groups in total. The van der Waals surface area contributed by atoms with Crippen molar-refractivity contribution in [2.24, 2.45) is 0 Å². The number of carbonyl (C=O) groups is 2. The van der Waals surface area contributed by atoms with Crippen molar-refractivity contribution in [2.45, 2.75) is 12.8 Å². The average molecular weight is 352 g/mol. The van der Waals surface area contributed by atoms with Gasteiger partial charge in [-0.1, -0.05) is 17.7 Å². The van der Waals surface area contributed by atoms with E-state index in [9.17, 15) is 14.7 Å². The second-order valence-electron chi connectivity index (χ2n) is 3.57. The molecule has 0 unspecified atom stereocenters. The molecule has 100 valence electrons. The van der Waals surface area contributed by atoms with Crippen LogP contribution in [0.5, 0.6) is 5.75 Å². The van der Waals surface area contributed by atoms with Crippen molar-refractivity contribution in [3.63, 3.8) is 0 Å². The zero-order chi connectivity index (χ0) is 13.7. The minimum atomic E-state index is -1.10. The third-order valence-corrected chi connectivity index (χ3v) is 2.55. The van der Waals surface area contributed by atoms with Gasteiger partial charge in [-0.15, -0.1) is 0 Å². The first-order valence-corrected chi connectivity index (χ1v) is 5.47. The van der Waals surface area contributed by atoms with Crippen molar-refractivity contribution in [2.75, 3.05) is 11.9 Å². The van der Waals surface area contributed by atoms with E-state index >= 15 is 0 Å². The van der Waals surface area contributed by atoms with Crippen LogP contribution >= 0.6 is 11.6 Å². The molecule has 0 fully saturated rings. The first kappa shape index (κ1) is 23.6. The molecule has 0 bridgehead atoms. The molecule has 0 aromatic heterocycles. The number of benzene rings is 1. The predicted molar refractivity (Wildman–Crippen MR) is 76.7 cm³/mol. The monoisotopic (exact) mass is 351 g/mol. The Labute approximate surface area is 206 Å². The van der Waals surface area contributed by atoms with Crippen LogP contribution in [0.4, 0.5) is 5.69 Å². The standard InChI is InChI=1S/C11H12ClNO5.2K/c12-7-3-1-6(2-4-8(14)15)11(18)10(7)13-5-9(16)17;;/h1,3,13,18H,2,4-5H2,(H,14,15)(H,16,17);;. The quantitative estimate of drug-likeness (QED) is 0.446. The second-order valence-corrected chi connectivity index (χ2v) is 3.98. The smallest absolute Gasteiger partial charge is 0.322 e. The van der Waals surface area contributed by atoms with E-state index < -0.39 is 18.5 Å². The molecule has 20 heavy (non-hydrogen) atoms. The van der Waals surface area contributed by atoms with Crippen LogP contribution in [-0.4, -0.2) is 137 Å². The number of rotatable bonds is 6. The van der Waals surface area contributed by atoms with Crippen LogP contribution < -0.4 is 5.32 Å². The van der Waals surface area contributed by atoms with E-state index in [0.29, 0.717) is 5.56 Å². The molecule has 1 rings (SSSR count). The van der Waals surface area contributed by atoms with Crippen LogP contribution in [-0.2, 0) is 16.0 Å². The maximum atomic E-state index is 10.4. The Balaban J connectivity index is 0. The average Bonchev–Trinajstić information content (AvgIpc) is 2.27. The number of phenols is 1. The van der Waals surface area contributed by atoms with E-state index in [-0.39, 0.29) is 132 Å². The number of anilines is 1. The van der Waals surface area contributed by atoms with Gasteiger partial charge in [-0.05, 0) is 18.1 Å². The summed E-state index contributed by atoms with van der Waals surface area (Å²) in [5, 5.41) is 29.6. The zero-order valence-corrected chi connectivity index (χ0v) is 18.3. The summed E-state index contributed by atoms with van der Waals surface area (Å²) in [6, 6.07) is 2.98. The number of phenolic OH excluding ortho intramolecular Hbond substituents is 1. The fraction of sp³-hybridized carbons (Fsp3) is 0.273. The molecule has 0 saturated heterocycles. The van der Waals surface area contributed by atoms with E-state index in [4.69, 9.17) is 21.8 Å². The Morgan fingerprint density at radius 1 is 1.15 bits per heavy atom. The molecule has 0 saturated carbocycles. The number of aliphatic carboxylic acids is 2. The molecule has 0 aliphatic carbocycles. The third kappa shape index (κ3) is 8.09. The van der Waals surface area contributed by atoms with Crippen molar-refractivity contribution >= 4 is 132 Å². The van der Waals surface area contributed by atoms with Gasteiger partial charge in [-0.3, -0.25) is 9.59 Å². The van der Waals surface area contributed by atoms with Crippen molar-refractivity contribution in [3.8, 4) is 5.75 Å². The Hall–Kier alpha value is 1.32. The van der Waals surface area contributed by atoms with Crippen molar-refractivity contribution in [1.82, 2.24) is 0 Å². The molecule has 6 nitrogen and oxygen atoms in total. The summed E-state index contributed by atoms with van der Waals surface area (Å²) < 4.78 is 0. The normalized spacial score (nSPS) is 9.05. The molecule has 0 aliphatic rings. The Kier molecular flexibility index (Phi) is 14.0. The maximum Gasteiger partial charge on any atom is 0.322 e. The van der Waals surface area contributed by atoms with Crippen molar-refractivity contribution in [1.29, 1.82) is 0 Å². The van der Waals surface area contributed by atoms with Gasteiger partial charge >= 0.3 is 11.9 Å². The van der Waals surface area contributed by atoms with Crippen molar-refractivity contribution in [3.05, 3.63) is 22.7 Å². The molecule has 9 heteroatoms. The molecule has 0 amide bonds. The first-order valence-electron chi connectivity index (χ1n) is 5.09. The Morgan fingerprint density at radius 3 is 2.25 bits per heavy atom. The summed E-state index contributed by atoms with van der Waals surface area (Å²) in [5.41, 5.74) is 0.497. The minimum absolute atomic E-state index is 0. The zero-order valence-electron chi connectivity index (χ0n) is 11.3. The van der Waals surface area contributed by atoms with Crippen LogP contribution in [0.25, 0.3) is 0 Å². The molecule has 2 radical (unpaired) electrons. The van der Waals surface area contributed by atoms with E-state index in [1.54, 1.807) is 0 Å². The van der Waals surface area contributed by atoms with Crippen LogP contribution in [0.2, 0.25) is 5.02 Å². The fourth-order valence-electron chi connectivity index (χ4n) is 1.39. The number of hydrogen-bond donors (Lipinski definition) is 4. The predicted octanol–water partition coefficient (Wildman–Crippen LogP) is 0.798. The SMILES string of the molecule is O=C(O)CCc1ccc(Cl)c(NCC(=O)O)c1O.[K].[K]. The van der Waals surface area contributed by atoms with Gasteiger partial charge in [0.1, 0.15) is 12.3 Å². The molecular weight excluding hydrogens is 340 g/mol. The fourth-order valence-corrected chi connectivity index (χ4v) is 1.60. The number of aryl methyl sites for hydroxylation is 1. The molecule has 0 heterocycles. The van der Waals surface area contributed by atoms with Gasteiger partial charge in [0.05, 0.1) is 10.7 Å². The number of aromatic hydroxyl groups is 1. The number of carboxylic acids is 2. The summed E-state index contributed by atoms with van der Waals surface area (Å²) in [6.45, 7) is -0.393. The van der Waals surface area contributed by atoms with Crippen molar-refractivity contribution < 1.29 is 24.9 Å². The number of carboxylic acid groups (broad SMARTS) is 2. The summed E-state index contributed by atoms with van der Waals surface area (Å²) in [7, 11) is 0. The van der Waals surface area contributed by atoms with Gasteiger partial charge in [-0.25, -0.2) is 0 Å². The Morgan fingerprint density at radius 2 is 1.75 bits per heavy atom. The third-order valence-electron chi connectivity index (χ3n) is 2.24. The minimum Gasteiger partial charge on any atom is -0.505 e. The summed E-state index contributed by atoms with van der Waals surface area (Å²) in [6.07, 6.45) is 0.00759. The van der Waals surface area contributed by atoms with E-state index in [0.717, 1.165) is 0 Å². The van der Waals surface area contributed by atoms with E-state index in [1.807, 2.05) is 0 Å². The van der Waals surface area contributed by atoms with Crippen LogP contribution in [0.1, 0.15) is 12.0 Å². The summed E-state index contributed by atoms with van der Waals surface area (Å²) >= 11 is 5.82. The first-order chi connectivity index (χ1) is 8.41. The van der Waals surface area contributed by atoms with Gasteiger partial charge in [-0.2, -0.15) is 0 Å². The number of halogens is 1. The topological polar surface area (TPSA) is 107 Å². The largest absolute Gasteiger partial charge is 0.505 e. The van der Waals surface area contributed by atoms with Crippen LogP contribution in [0, 0.1) is 0 Å². The number of nitrogens with one attached hydrogen (secondary N) is 1. The Bertz CT molecular complexity index is 484. The second kappa shape index (κ2) is 11.8. The number of hydrogen-bond acceptors (Lipinski definition) is 4. The van der Waals surface area contributed by atoms with Gasteiger partial charge in [0, 0.05) is 109 Å². The van der Waals surface area contributed by atoms with Crippen LogP contribution in [0.3, 0.4) is 0 Å². The molecular formula is C11H12ClK2NO5. The summed E-state index contributed by atoms with van der Waals surface area (Å²) in [4.78, 5) is 20.9. The maximum absolute atomic E-state index is 10.4. The molecule has 0 spiro atoms. The molecule has 1 aromatic carbocycles.